The van der Waals surface area contributed by atoms with Gasteiger partial charge in [0.15, 0.2) is 0 Å². The molecule has 1 aliphatic heterocycles. The van der Waals surface area contributed by atoms with Gasteiger partial charge in [0, 0.05) is 53.0 Å². The lowest BCUT2D eigenvalue weighted by atomic mass is 9.86. The van der Waals surface area contributed by atoms with Gasteiger partial charge in [-0.3, -0.25) is 4.99 Å². The van der Waals surface area contributed by atoms with Gasteiger partial charge >= 0.3 is 11.9 Å². The van der Waals surface area contributed by atoms with Gasteiger partial charge in [-0.2, -0.15) is 0 Å². The number of carboxylic acids is 1. The number of carbonyl (C=O) groups is 2. The van der Waals surface area contributed by atoms with Crippen LogP contribution in [0.25, 0.3) is 33.4 Å². The first-order valence-electron chi connectivity index (χ1n) is 12.1. The molecule has 7 nitrogen and oxygen atoms in total. The summed E-state index contributed by atoms with van der Waals surface area (Å²) in [6.45, 7) is 11.2. The van der Waals surface area contributed by atoms with Gasteiger partial charge in [-0.25, -0.2) is 9.59 Å². The van der Waals surface area contributed by atoms with E-state index in [1.807, 2.05) is 52.0 Å². The number of hydrogen-bond donors (Lipinski definition) is 2. The molecular formula is C29H30N2O5. The first-order chi connectivity index (χ1) is 17.3. The second kappa shape index (κ2) is 10.2. The van der Waals surface area contributed by atoms with Crippen molar-refractivity contribution in [3.8, 4) is 22.5 Å². The van der Waals surface area contributed by atoms with Crippen LogP contribution in [0.4, 0.5) is 5.69 Å². The molecule has 0 aromatic heterocycles. The average molecular weight is 487 g/mol. The Morgan fingerprint density at radius 2 is 1.75 bits per heavy atom. The molecule has 0 radical (unpaired) electrons. The van der Waals surface area contributed by atoms with E-state index in [0.29, 0.717) is 40.0 Å². The second-order valence-corrected chi connectivity index (χ2v) is 8.53. The van der Waals surface area contributed by atoms with Crippen molar-refractivity contribution in [3.63, 3.8) is 0 Å². The van der Waals surface area contributed by atoms with Crippen molar-refractivity contribution >= 4 is 28.6 Å². The molecule has 0 spiro atoms. The Kier molecular flexibility index (Phi) is 7.10. The Bertz CT molecular complexity index is 1520. The van der Waals surface area contributed by atoms with Crippen molar-refractivity contribution in [1.29, 1.82) is 0 Å². The minimum Gasteiger partial charge on any atom is -0.478 e. The average Bonchev–Trinajstić information content (AvgIpc) is 2.84. The highest BCUT2D eigenvalue weighted by molar-refractivity contribution is 6.13. The van der Waals surface area contributed by atoms with Crippen molar-refractivity contribution in [1.82, 2.24) is 0 Å². The zero-order valence-electron chi connectivity index (χ0n) is 21.2. The van der Waals surface area contributed by atoms with Crippen LogP contribution in [-0.4, -0.2) is 36.7 Å². The molecule has 0 saturated carbocycles. The highest BCUT2D eigenvalue weighted by Gasteiger charge is 2.27. The number of hydrogen-bond acceptors (Lipinski definition) is 6. The summed E-state index contributed by atoms with van der Waals surface area (Å²) in [6.07, 6.45) is 0. The normalized spacial score (nSPS) is 11.8. The first-order valence-corrected chi connectivity index (χ1v) is 12.1. The molecule has 186 valence electrons. The number of ether oxygens (including phenoxy) is 1. The topological polar surface area (TPSA) is 101 Å². The minimum atomic E-state index is -1.13. The Labute approximate surface area is 209 Å². The standard InChI is InChI=1S/C29H30N2O5/c1-6-30-22-14-24-20(12-16(22)4)27(21-13-17(5)23(31-7-2)15-25(21)36-24)26-18(28(32)33)10-9-11-19(26)29(34)35-8-3/h9-15,30H,6-8H2,1-5H3,(H,32,33). The van der Waals surface area contributed by atoms with Gasteiger partial charge in [-0.05, 0) is 70.0 Å². The quantitative estimate of drug-likeness (QED) is 0.244. The number of esters is 1. The van der Waals surface area contributed by atoms with E-state index < -0.39 is 11.9 Å². The van der Waals surface area contributed by atoms with Crippen LogP contribution < -0.4 is 10.7 Å². The zero-order valence-corrected chi connectivity index (χ0v) is 21.2. The number of nitrogens with zero attached hydrogens (tertiary/aromatic N) is 1. The lowest BCUT2D eigenvalue weighted by Crippen LogP contribution is -2.13. The number of fused-ring (bicyclic) bond motifs is 2. The van der Waals surface area contributed by atoms with Gasteiger partial charge in [-0.15, -0.1) is 0 Å². The van der Waals surface area contributed by atoms with Crippen molar-refractivity contribution in [2.24, 2.45) is 4.99 Å². The molecule has 7 heteroatoms. The summed E-state index contributed by atoms with van der Waals surface area (Å²) < 4.78 is 11.7. The third-order valence-corrected chi connectivity index (χ3v) is 6.12. The molecule has 0 amide bonds. The third kappa shape index (κ3) is 4.44. The highest BCUT2D eigenvalue weighted by atomic mass is 16.5. The molecule has 2 aromatic carbocycles. The van der Waals surface area contributed by atoms with E-state index in [1.54, 1.807) is 19.1 Å². The molecule has 36 heavy (non-hydrogen) atoms. The third-order valence-electron chi connectivity index (χ3n) is 6.12. The van der Waals surface area contributed by atoms with E-state index in [2.05, 4.69) is 10.3 Å². The zero-order chi connectivity index (χ0) is 26.0. The second-order valence-electron chi connectivity index (χ2n) is 8.53. The molecule has 4 rings (SSSR count). The van der Waals surface area contributed by atoms with Gasteiger partial charge in [-0.1, -0.05) is 6.07 Å². The van der Waals surface area contributed by atoms with Crippen LogP contribution in [0.5, 0.6) is 0 Å². The molecule has 0 atom stereocenters. The van der Waals surface area contributed by atoms with E-state index >= 15 is 0 Å². The molecule has 1 aliphatic carbocycles. The largest absolute Gasteiger partial charge is 0.478 e. The monoisotopic (exact) mass is 486 g/mol. The van der Waals surface area contributed by atoms with Crippen LogP contribution in [0.3, 0.4) is 0 Å². The van der Waals surface area contributed by atoms with Crippen LogP contribution in [0.1, 0.15) is 52.6 Å². The van der Waals surface area contributed by atoms with Crippen LogP contribution in [0.2, 0.25) is 0 Å². The van der Waals surface area contributed by atoms with E-state index in [-0.39, 0.29) is 17.7 Å². The van der Waals surface area contributed by atoms with Crippen molar-refractivity contribution in [2.45, 2.75) is 34.6 Å². The number of aromatic carboxylic acids is 1. The Morgan fingerprint density at radius 3 is 2.42 bits per heavy atom. The lowest BCUT2D eigenvalue weighted by molar-refractivity contribution is 0.0527. The number of benzene rings is 3. The van der Waals surface area contributed by atoms with Gasteiger partial charge in [0.2, 0.25) is 0 Å². The molecule has 0 fully saturated rings. The Balaban J connectivity index is 2.25. The summed E-state index contributed by atoms with van der Waals surface area (Å²) in [4.78, 5) is 30.0. The fourth-order valence-corrected chi connectivity index (χ4v) is 4.56. The maximum Gasteiger partial charge on any atom is 0.338 e. The minimum absolute atomic E-state index is 0.0164. The maximum atomic E-state index is 13.0. The van der Waals surface area contributed by atoms with Gasteiger partial charge in [0.25, 0.3) is 0 Å². The predicted molar refractivity (Wildman–Crippen MR) is 141 cm³/mol. The summed E-state index contributed by atoms with van der Waals surface area (Å²) in [7, 11) is 0. The number of rotatable bonds is 7. The smallest absolute Gasteiger partial charge is 0.338 e. The Morgan fingerprint density at radius 1 is 1.00 bits per heavy atom. The number of nitrogens with one attached hydrogen (secondary N) is 1. The summed E-state index contributed by atoms with van der Waals surface area (Å²) in [5.41, 5.74) is 5.22. The first kappa shape index (κ1) is 25.0. The fourth-order valence-electron chi connectivity index (χ4n) is 4.56. The molecule has 2 N–H and O–H groups in total. The van der Waals surface area contributed by atoms with Gasteiger partial charge < -0.3 is 19.6 Å². The predicted octanol–water partition coefficient (Wildman–Crippen LogP) is 6.05. The summed E-state index contributed by atoms with van der Waals surface area (Å²) in [5, 5.41) is 15.0. The van der Waals surface area contributed by atoms with E-state index in [0.717, 1.165) is 28.7 Å². The van der Waals surface area contributed by atoms with E-state index in [9.17, 15) is 14.7 Å². The summed E-state index contributed by atoms with van der Waals surface area (Å²) >= 11 is 0. The number of carboxylic acid groups (broad SMARTS) is 1. The molecule has 0 unspecified atom stereocenters. The number of anilines is 1. The molecule has 0 saturated heterocycles. The SMILES string of the molecule is CCN=c1cc2oc3cc(NCC)c(C)cc3c(-c3c(C(=O)O)cccc3C(=O)OCC)c-2cc1C. The van der Waals surface area contributed by atoms with Gasteiger partial charge in [0.05, 0.1) is 23.1 Å². The highest BCUT2D eigenvalue weighted by Crippen LogP contribution is 2.44. The summed E-state index contributed by atoms with van der Waals surface area (Å²) in [6, 6.07) is 12.4. The lowest BCUT2D eigenvalue weighted by Gasteiger charge is -2.21. The van der Waals surface area contributed by atoms with Crippen LogP contribution >= 0.6 is 0 Å². The number of carbonyl (C=O) groups excluding carboxylic acids is 1. The molecule has 1 heterocycles. The van der Waals surface area contributed by atoms with Crippen LogP contribution in [0, 0.1) is 13.8 Å². The van der Waals surface area contributed by atoms with Crippen molar-refractivity contribution < 1.29 is 23.8 Å². The van der Waals surface area contributed by atoms with E-state index in [1.165, 1.54) is 6.07 Å². The molecule has 0 bridgehead atoms. The summed E-state index contributed by atoms with van der Waals surface area (Å²) in [5.74, 6) is -1.15. The molecular weight excluding hydrogens is 456 g/mol. The van der Waals surface area contributed by atoms with Crippen molar-refractivity contribution in [3.05, 3.63) is 70.1 Å². The van der Waals surface area contributed by atoms with Crippen molar-refractivity contribution in [2.75, 3.05) is 25.0 Å². The Hall–Kier alpha value is -4.13. The van der Waals surface area contributed by atoms with Crippen LogP contribution in [-0.2, 0) is 4.74 Å². The maximum absolute atomic E-state index is 13.0. The van der Waals surface area contributed by atoms with Gasteiger partial charge in [0.1, 0.15) is 11.3 Å². The fraction of sp³-hybridized carbons (Fsp3) is 0.276. The number of aryl methyl sites for hydroxylation is 2. The molecule has 2 aliphatic rings. The molecule has 2 aromatic rings. The van der Waals surface area contributed by atoms with Crippen LogP contribution in [0.15, 0.2) is 51.9 Å². The van der Waals surface area contributed by atoms with E-state index in [4.69, 9.17) is 9.15 Å².